The quantitative estimate of drug-likeness (QED) is 0.661. The maximum atomic E-state index is 12.5. The molecule has 0 saturated carbocycles. The monoisotopic (exact) mass is 386 g/mol. The molecule has 2 aromatic rings. The zero-order valence-corrected chi connectivity index (χ0v) is 17.0. The van der Waals surface area contributed by atoms with Gasteiger partial charge in [-0.2, -0.15) is 0 Å². The first kappa shape index (κ1) is 20.9. The van der Waals surface area contributed by atoms with Gasteiger partial charge < -0.3 is 15.3 Å². The average Bonchev–Trinajstić information content (AvgIpc) is 2.61. The molecular weight excluding hydrogens is 360 g/mol. The predicted molar refractivity (Wildman–Crippen MR) is 107 cm³/mol. The van der Waals surface area contributed by atoms with Crippen LogP contribution in [0.2, 0.25) is 5.04 Å². The third kappa shape index (κ3) is 3.09. The summed E-state index contributed by atoms with van der Waals surface area (Å²) < 4.78 is 0. The Hall–Kier alpha value is -2.44. The topological polar surface area (TPSA) is 94.8 Å². The van der Waals surface area contributed by atoms with Crippen LogP contribution < -0.4 is 10.4 Å². The number of carboxylic acid groups (broad SMARTS) is 2. The summed E-state index contributed by atoms with van der Waals surface area (Å²) in [7, 11) is -3.62. The molecule has 0 amide bonds. The molecule has 0 aromatic heterocycles. The summed E-state index contributed by atoms with van der Waals surface area (Å²) >= 11 is 0. The van der Waals surface area contributed by atoms with Crippen LogP contribution in [0.5, 0.6) is 0 Å². The number of aliphatic hydroxyl groups is 1. The van der Waals surface area contributed by atoms with Gasteiger partial charge in [0.25, 0.3) is 0 Å². The molecule has 2 rings (SSSR count). The van der Waals surface area contributed by atoms with Gasteiger partial charge in [0.05, 0.1) is 5.92 Å². The van der Waals surface area contributed by atoms with E-state index in [2.05, 4.69) is 0 Å². The van der Waals surface area contributed by atoms with E-state index in [1.807, 2.05) is 32.9 Å². The first-order chi connectivity index (χ1) is 12.5. The summed E-state index contributed by atoms with van der Waals surface area (Å²) in [5.74, 6) is -4.35. The highest BCUT2D eigenvalue weighted by Gasteiger charge is 2.68. The van der Waals surface area contributed by atoms with E-state index < -0.39 is 36.2 Å². The molecule has 3 N–H and O–H groups in total. The molecule has 0 aliphatic carbocycles. The van der Waals surface area contributed by atoms with Crippen molar-refractivity contribution in [2.45, 2.75) is 38.0 Å². The lowest BCUT2D eigenvalue weighted by molar-refractivity contribution is -0.164. The van der Waals surface area contributed by atoms with Crippen molar-refractivity contribution in [2.24, 2.45) is 5.92 Å². The zero-order chi connectivity index (χ0) is 20.5. The van der Waals surface area contributed by atoms with E-state index in [9.17, 15) is 24.9 Å². The summed E-state index contributed by atoms with van der Waals surface area (Å²) in [5, 5.41) is 29.8. The Kier molecular flexibility index (Phi) is 5.63. The van der Waals surface area contributed by atoms with Crippen LogP contribution in [0.3, 0.4) is 0 Å². The van der Waals surface area contributed by atoms with Crippen LogP contribution in [-0.4, -0.2) is 40.6 Å². The lowest BCUT2D eigenvalue weighted by atomic mass is 10.0. The van der Waals surface area contributed by atoms with E-state index in [0.29, 0.717) is 10.4 Å². The fourth-order valence-corrected chi connectivity index (χ4v) is 10.8. The van der Waals surface area contributed by atoms with Gasteiger partial charge >= 0.3 is 11.9 Å². The maximum absolute atomic E-state index is 12.5. The van der Waals surface area contributed by atoms with Gasteiger partial charge in [-0.25, -0.2) is 4.79 Å². The number of aliphatic carboxylic acids is 2. The average molecular weight is 387 g/mol. The molecule has 2 atom stereocenters. The van der Waals surface area contributed by atoms with Gasteiger partial charge in [0, 0.05) is 0 Å². The van der Waals surface area contributed by atoms with Crippen molar-refractivity contribution < 1.29 is 24.9 Å². The lowest BCUT2D eigenvalue weighted by Crippen LogP contribution is -2.82. The summed E-state index contributed by atoms with van der Waals surface area (Å²) in [4.78, 5) is 24.4. The van der Waals surface area contributed by atoms with Gasteiger partial charge in [0.2, 0.25) is 0 Å². The highest BCUT2D eigenvalue weighted by Crippen LogP contribution is 2.45. The van der Waals surface area contributed by atoms with Crippen molar-refractivity contribution >= 4 is 30.4 Å². The Morgan fingerprint density at radius 3 is 1.48 bits per heavy atom. The van der Waals surface area contributed by atoms with E-state index in [4.69, 9.17) is 0 Å². The highest BCUT2D eigenvalue weighted by molar-refractivity contribution is 7.08. The van der Waals surface area contributed by atoms with Gasteiger partial charge in [-0.05, 0) is 22.3 Å². The van der Waals surface area contributed by atoms with E-state index in [1.54, 1.807) is 48.5 Å². The summed E-state index contributed by atoms with van der Waals surface area (Å²) in [6.07, 6.45) is 0. The predicted octanol–water partition coefficient (Wildman–Crippen LogP) is 2.13. The van der Waals surface area contributed by atoms with Gasteiger partial charge in [0.1, 0.15) is 0 Å². The van der Waals surface area contributed by atoms with Crippen LogP contribution in [0.15, 0.2) is 60.7 Å². The second-order valence-corrected chi connectivity index (χ2v) is 12.8. The van der Waals surface area contributed by atoms with Crippen LogP contribution in [-0.2, 0) is 9.59 Å². The Labute approximate surface area is 160 Å². The van der Waals surface area contributed by atoms with Gasteiger partial charge in [-0.3, -0.25) is 4.79 Å². The van der Waals surface area contributed by atoms with Crippen LogP contribution >= 0.6 is 0 Å². The highest BCUT2D eigenvalue weighted by atomic mass is 28.3. The van der Waals surface area contributed by atoms with Crippen molar-refractivity contribution in [1.29, 1.82) is 0 Å². The summed E-state index contributed by atoms with van der Waals surface area (Å²) in [5.41, 5.74) is 0. The van der Waals surface area contributed by atoms with Crippen LogP contribution in [0, 0.1) is 5.92 Å². The van der Waals surface area contributed by atoms with Crippen molar-refractivity contribution in [1.82, 2.24) is 0 Å². The molecule has 2 unspecified atom stereocenters. The van der Waals surface area contributed by atoms with Crippen molar-refractivity contribution in [3.05, 3.63) is 60.7 Å². The molecule has 0 heterocycles. The zero-order valence-electron chi connectivity index (χ0n) is 16.0. The van der Waals surface area contributed by atoms with Crippen molar-refractivity contribution in [3.8, 4) is 0 Å². The van der Waals surface area contributed by atoms with Gasteiger partial charge in [-0.15, -0.1) is 0 Å². The fraction of sp³-hybridized carbons (Fsp3) is 0.333. The largest absolute Gasteiger partial charge is 0.481 e. The van der Waals surface area contributed by atoms with Crippen molar-refractivity contribution in [2.75, 3.05) is 0 Å². The second kappa shape index (κ2) is 7.29. The number of benzene rings is 2. The minimum atomic E-state index is -3.62. The summed E-state index contributed by atoms with van der Waals surface area (Å²) in [6.45, 7) is 6.90. The van der Waals surface area contributed by atoms with Crippen LogP contribution in [0.4, 0.5) is 0 Å². The Morgan fingerprint density at radius 2 is 1.22 bits per heavy atom. The van der Waals surface area contributed by atoms with Gasteiger partial charge in [0.15, 0.2) is 13.3 Å². The standard InChI is InChI=1S/C21H26O5Si/c1-15(18(22)23)21(26,19(24)25)27(20(2,3)4,16-11-7-5-8-12-16)17-13-9-6-10-14-17/h5-15,26H,1-4H3,(H,22,23)(H,24,25). The third-order valence-corrected chi connectivity index (χ3v) is 11.9. The normalized spacial score (nSPS) is 15.6. The minimum absolute atomic E-state index is 0.682. The Bertz CT molecular complexity index is 774. The SMILES string of the molecule is CC(C(=O)O)C(O)(C(=O)O)[Si](c1ccccc1)(c1ccccc1)C(C)(C)C. The molecule has 0 spiro atoms. The number of carbonyl (C=O) groups is 2. The molecule has 0 fully saturated rings. The second-order valence-electron chi connectivity index (χ2n) is 7.86. The first-order valence-electron chi connectivity index (χ1n) is 8.81. The number of rotatable bonds is 6. The van der Waals surface area contributed by atoms with E-state index >= 15 is 0 Å². The molecule has 0 aliphatic rings. The van der Waals surface area contributed by atoms with Crippen molar-refractivity contribution in [3.63, 3.8) is 0 Å². The minimum Gasteiger partial charge on any atom is -0.481 e. The molecule has 5 nitrogen and oxygen atoms in total. The fourth-order valence-electron chi connectivity index (χ4n) is 4.27. The number of hydrogen-bond acceptors (Lipinski definition) is 3. The molecule has 0 aliphatic heterocycles. The molecule has 0 saturated heterocycles. The van der Waals surface area contributed by atoms with E-state index in [0.717, 1.165) is 0 Å². The summed E-state index contributed by atoms with van der Waals surface area (Å²) in [6, 6.07) is 18.0. The molecule has 2 aromatic carbocycles. The molecule has 0 radical (unpaired) electrons. The van der Waals surface area contributed by atoms with Gasteiger partial charge in [-0.1, -0.05) is 81.4 Å². The van der Waals surface area contributed by atoms with E-state index in [-0.39, 0.29) is 0 Å². The van der Waals surface area contributed by atoms with Crippen LogP contribution in [0.1, 0.15) is 27.7 Å². The maximum Gasteiger partial charge on any atom is 0.333 e. The lowest BCUT2D eigenvalue weighted by Gasteiger charge is -2.53. The molecule has 0 bridgehead atoms. The first-order valence-corrected chi connectivity index (χ1v) is 10.8. The Balaban J connectivity index is 3.08. The van der Waals surface area contributed by atoms with E-state index in [1.165, 1.54) is 6.92 Å². The number of carboxylic acids is 2. The Morgan fingerprint density at radius 1 is 0.852 bits per heavy atom. The molecule has 6 heteroatoms. The molecule has 144 valence electrons. The molecular formula is C21H26O5Si. The smallest absolute Gasteiger partial charge is 0.333 e. The third-order valence-electron chi connectivity index (χ3n) is 5.43. The van der Waals surface area contributed by atoms with Crippen LogP contribution in [0.25, 0.3) is 0 Å². The number of hydrogen-bond donors (Lipinski definition) is 3. The molecule has 27 heavy (non-hydrogen) atoms.